The van der Waals surface area contributed by atoms with Gasteiger partial charge in [-0.3, -0.25) is 9.69 Å². The summed E-state index contributed by atoms with van der Waals surface area (Å²) in [5.41, 5.74) is 0. The van der Waals surface area contributed by atoms with E-state index in [1.165, 1.54) is 19.3 Å². The SMILES string of the molecule is CN(CC(=O)N(C)C1CCCCC1)Cc1nc(-c2ccco2)no1. The van der Waals surface area contributed by atoms with E-state index in [1.54, 1.807) is 18.4 Å². The van der Waals surface area contributed by atoms with E-state index in [9.17, 15) is 4.79 Å². The van der Waals surface area contributed by atoms with E-state index in [-0.39, 0.29) is 5.91 Å². The zero-order valence-electron chi connectivity index (χ0n) is 14.3. The van der Waals surface area contributed by atoms with Crippen molar-refractivity contribution in [3.63, 3.8) is 0 Å². The molecule has 7 heteroatoms. The Morgan fingerprint density at radius 2 is 2.08 bits per heavy atom. The zero-order chi connectivity index (χ0) is 16.9. The van der Waals surface area contributed by atoms with Crippen LogP contribution >= 0.6 is 0 Å². The van der Waals surface area contributed by atoms with Gasteiger partial charge in [0.1, 0.15) is 0 Å². The molecule has 1 saturated carbocycles. The van der Waals surface area contributed by atoms with Crippen molar-refractivity contribution < 1.29 is 13.7 Å². The summed E-state index contributed by atoms with van der Waals surface area (Å²) in [5, 5.41) is 3.90. The van der Waals surface area contributed by atoms with Crippen LogP contribution < -0.4 is 0 Å². The molecule has 7 nitrogen and oxygen atoms in total. The van der Waals surface area contributed by atoms with Crippen LogP contribution in [-0.4, -0.2) is 52.5 Å². The number of likely N-dealkylation sites (N-methyl/N-ethyl adjacent to an activating group) is 2. The van der Waals surface area contributed by atoms with Gasteiger partial charge in [0.2, 0.25) is 17.6 Å². The van der Waals surface area contributed by atoms with E-state index in [1.807, 2.05) is 23.9 Å². The van der Waals surface area contributed by atoms with E-state index in [4.69, 9.17) is 8.94 Å². The minimum atomic E-state index is 0.134. The van der Waals surface area contributed by atoms with Crippen molar-refractivity contribution in [2.45, 2.75) is 44.7 Å². The predicted octanol–water partition coefficient (Wildman–Crippen LogP) is 2.55. The number of furan rings is 1. The topological polar surface area (TPSA) is 75.6 Å². The van der Waals surface area contributed by atoms with Gasteiger partial charge in [0.25, 0.3) is 0 Å². The molecule has 0 radical (unpaired) electrons. The minimum absolute atomic E-state index is 0.134. The number of aromatic nitrogens is 2. The highest BCUT2D eigenvalue weighted by atomic mass is 16.5. The number of hydrogen-bond donors (Lipinski definition) is 0. The molecule has 1 fully saturated rings. The normalized spacial score (nSPS) is 15.8. The van der Waals surface area contributed by atoms with Gasteiger partial charge in [-0.1, -0.05) is 24.4 Å². The summed E-state index contributed by atoms with van der Waals surface area (Å²) in [6, 6.07) is 3.94. The van der Waals surface area contributed by atoms with E-state index in [0.29, 0.717) is 36.6 Å². The maximum Gasteiger partial charge on any atom is 0.241 e. The molecule has 0 aromatic carbocycles. The maximum absolute atomic E-state index is 12.4. The standard InChI is InChI=1S/C17H24N4O3/c1-20(12-16(22)21(2)13-7-4-3-5-8-13)11-15-18-17(19-24-15)14-9-6-10-23-14/h6,9-10,13H,3-5,7-8,11-12H2,1-2H3. The Kier molecular flexibility index (Phi) is 5.30. The maximum atomic E-state index is 12.4. The van der Waals surface area contributed by atoms with Crippen LogP contribution in [0.5, 0.6) is 0 Å². The van der Waals surface area contributed by atoms with Gasteiger partial charge >= 0.3 is 0 Å². The lowest BCUT2D eigenvalue weighted by atomic mass is 9.94. The zero-order valence-corrected chi connectivity index (χ0v) is 14.3. The lowest BCUT2D eigenvalue weighted by Gasteiger charge is -2.32. The lowest BCUT2D eigenvalue weighted by molar-refractivity contribution is -0.133. The van der Waals surface area contributed by atoms with Crippen LogP contribution in [-0.2, 0) is 11.3 Å². The molecular weight excluding hydrogens is 308 g/mol. The van der Waals surface area contributed by atoms with Crippen molar-refractivity contribution in [3.05, 3.63) is 24.3 Å². The van der Waals surface area contributed by atoms with Crippen molar-refractivity contribution in [1.82, 2.24) is 19.9 Å². The monoisotopic (exact) mass is 332 g/mol. The van der Waals surface area contributed by atoms with Gasteiger partial charge in [-0.25, -0.2) is 0 Å². The van der Waals surface area contributed by atoms with Crippen LogP contribution in [0.1, 0.15) is 38.0 Å². The highest BCUT2D eigenvalue weighted by Gasteiger charge is 2.23. The van der Waals surface area contributed by atoms with Crippen molar-refractivity contribution >= 4 is 5.91 Å². The summed E-state index contributed by atoms with van der Waals surface area (Å²) in [4.78, 5) is 20.5. The van der Waals surface area contributed by atoms with Gasteiger partial charge in [0.05, 0.1) is 19.4 Å². The van der Waals surface area contributed by atoms with Crippen LogP contribution in [0.4, 0.5) is 0 Å². The molecule has 2 heterocycles. The molecule has 24 heavy (non-hydrogen) atoms. The Hall–Kier alpha value is -2.15. The number of nitrogens with zero attached hydrogens (tertiary/aromatic N) is 4. The van der Waals surface area contributed by atoms with Gasteiger partial charge in [-0.15, -0.1) is 0 Å². The van der Waals surface area contributed by atoms with Crippen LogP contribution in [0, 0.1) is 0 Å². The summed E-state index contributed by atoms with van der Waals surface area (Å²) in [6.45, 7) is 0.767. The predicted molar refractivity (Wildman–Crippen MR) is 88.0 cm³/mol. The first-order valence-electron chi connectivity index (χ1n) is 8.44. The molecule has 0 aliphatic heterocycles. The molecule has 0 saturated heterocycles. The fourth-order valence-electron chi connectivity index (χ4n) is 3.13. The Labute approximate surface area is 141 Å². The molecule has 1 aliphatic rings. The molecule has 0 bridgehead atoms. The summed E-state index contributed by atoms with van der Waals surface area (Å²) in [7, 11) is 3.79. The molecule has 2 aromatic heterocycles. The van der Waals surface area contributed by atoms with E-state index in [0.717, 1.165) is 12.8 Å². The van der Waals surface area contributed by atoms with Gasteiger partial charge in [-0.05, 0) is 32.0 Å². The van der Waals surface area contributed by atoms with Gasteiger partial charge in [0.15, 0.2) is 5.76 Å². The summed E-state index contributed by atoms with van der Waals surface area (Å²) in [6.07, 6.45) is 7.51. The Morgan fingerprint density at radius 3 is 2.79 bits per heavy atom. The molecule has 130 valence electrons. The fourth-order valence-corrected chi connectivity index (χ4v) is 3.13. The Bertz CT molecular complexity index is 647. The van der Waals surface area contributed by atoms with Crippen LogP contribution in [0.2, 0.25) is 0 Å². The van der Waals surface area contributed by atoms with E-state index < -0.39 is 0 Å². The first-order valence-corrected chi connectivity index (χ1v) is 8.44. The summed E-state index contributed by atoms with van der Waals surface area (Å²) in [5.74, 6) is 1.60. The second-order valence-corrected chi connectivity index (χ2v) is 6.46. The summed E-state index contributed by atoms with van der Waals surface area (Å²) >= 11 is 0. The molecule has 0 unspecified atom stereocenters. The number of carbonyl (C=O) groups is 1. The molecular formula is C17H24N4O3. The highest BCUT2D eigenvalue weighted by molar-refractivity contribution is 5.78. The average Bonchev–Trinajstić information content (AvgIpc) is 3.26. The van der Waals surface area contributed by atoms with Crippen molar-refractivity contribution in [2.75, 3.05) is 20.6 Å². The largest absolute Gasteiger partial charge is 0.461 e. The first kappa shape index (κ1) is 16.7. The van der Waals surface area contributed by atoms with Gasteiger partial charge in [-0.2, -0.15) is 4.98 Å². The number of carbonyl (C=O) groups excluding carboxylic acids is 1. The Morgan fingerprint density at radius 1 is 1.29 bits per heavy atom. The summed E-state index contributed by atoms with van der Waals surface area (Å²) < 4.78 is 10.5. The minimum Gasteiger partial charge on any atom is -0.461 e. The van der Waals surface area contributed by atoms with Crippen molar-refractivity contribution in [3.8, 4) is 11.6 Å². The number of hydrogen-bond acceptors (Lipinski definition) is 6. The highest BCUT2D eigenvalue weighted by Crippen LogP contribution is 2.22. The molecule has 1 aliphatic carbocycles. The number of rotatable bonds is 6. The van der Waals surface area contributed by atoms with Crippen LogP contribution in [0.15, 0.2) is 27.3 Å². The third kappa shape index (κ3) is 4.03. The van der Waals surface area contributed by atoms with Crippen LogP contribution in [0.3, 0.4) is 0 Å². The average molecular weight is 332 g/mol. The molecule has 2 aromatic rings. The Balaban J connectivity index is 1.51. The van der Waals surface area contributed by atoms with Crippen molar-refractivity contribution in [1.29, 1.82) is 0 Å². The molecule has 0 N–H and O–H groups in total. The molecule has 0 spiro atoms. The lowest BCUT2D eigenvalue weighted by Crippen LogP contribution is -2.43. The molecule has 1 amide bonds. The van der Waals surface area contributed by atoms with Gasteiger partial charge < -0.3 is 13.8 Å². The number of amides is 1. The second kappa shape index (κ2) is 7.61. The molecule has 3 rings (SSSR count). The first-order chi connectivity index (χ1) is 11.6. The fraction of sp³-hybridized carbons (Fsp3) is 0.588. The van der Waals surface area contributed by atoms with Crippen molar-refractivity contribution in [2.24, 2.45) is 0 Å². The van der Waals surface area contributed by atoms with Crippen LogP contribution in [0.25, 0.3) is 11.6 Å². The van der Waals surface area contributed by atoms with Gasteiger partial charge in [0, 0.05) is 13.1 Å². The second-order valence-electron chi connectivity index (χ2n) is 6.46. The quantitative estimate of drug-likeness (QED) is 0.809. The third-order valence-corrected chi connectivity index (χ3v) is 4.54. The smallest absolute Gasteiger partial charge is 0.241 e. The van der Waals surface area contributed by atoms with E-state index >= 15 is 0 Å². The van der Waals surface area contributed by atoms with E-state index in [2.05, 4.69) is 10.1 Å². The molecule has 0 atom stereocenters. The third-order valence-electron chi connectivity index (χ3n) is 4.54.